The quantitative estimate of drug-likeness (QED) is 0.0940. The van der Waals surface area contributed by atoms with Crippen LogP contribution < -0.4 is 19.7 Å². The van der Waals surface area contributed by atoms with Gasteiger partial charge in [-0.2, -0.15) is 0 Å². The zero-order chi connectivity index (χ0) is 41.1. The minimum Gasteiger partial charge on any atom is -0.497 e. The van der Waals surface area contributed by atoms with Crippen LogP contribution in [0.5, 0.6) is 5.75 Å². The number of fused-ring (bicyclic) bond motifs is 2. The molecule has 0 aliphatic carbocycles. The predicted octanol–water partition coefficient (Wildman–Crippen LogP) is 4.64. The number of nitrogens with zero attached hydrogens (tertiary/aromatic N) is 3. The Morgan fingerprint density at radius 3 is 2.35 bits per heavy atom. The van der Waals surface area contributed by atoms with Gasteiger partial charge in [0.25, 0.3) is 5.91 Å². The summed E-state index contributed by atoms with van der Waals surface area (Å²) in [4.78, 5) is 71.3. The first-order chi connectivity index (χ1) is 27.3. The first-order valence-corrected chi connectivity index (χ1v) is 22.6. The minimum atomic E-state index is -2.63. The summed E-state index contributed by atoms with van der Waals surface area (Å²) >= 11 is 0. The van der Waals surface area contributed by atoms with Crippen LogP contribution in [0.25, 0.3) is 0 Å². The molecule has 0 aromatic heterocycles. The van der Waals surface area contributed by atoms with Crippen LogP contribution in [0.15, 0.2) is 72.8 Å². The van der Waals surface area contributed by atoms with E-state index in [9.17, 15) is 24.3 Å². The van der Waals surface area contributed by atoms with Crippen LogP contribution in [0, 0.1) is 5.92 Å². The molecule has 2 saturated heterocycles. The van der Waals surface area contributed by atoms with Gasteiger partial charge in [-0.25, -0.2) is 0 Å². The monoisotopic (exact) mass is 799 g/mol. The van der Waals surface area contributed by atoms with Crippen molar-refractivity contribution in [1.29, 1.82) is 0 Å². The predicted molar refractivity (Wildman–Crippen MR) is 215 cm³/mol. The number of ether oxygens (including phenoxy) is 4. The molecule has 0 saturated carbocycles. The van der Waals surface area contributed by atoms with E-state index in [4.69, 9.17) is 18.9 Å². The summed E-state index contributed by atoms with van der Waals surface area (Å²) in [6.07, 6.45) is -0.250. The number of benzene rings is 3. The number of rotatable bonds is 16. The Morgan fingerprint density at radius 2 is 1.72 bits per heavy atom. The van der Waals surface area contributed by atoms with Gasteiger partial charge >= 0.3 is 11.9 Å². The van der Waals surface area contributed by atoms with Crippen LogP contribution in [0.2, 0.25) is 18.6 Å². The van der Waals surface area contributed by atoms with Crippen molar-refractivity contribution >= 4 is 54.3 Å². The summed E-state index contributed by atoms with van der Waals surface area (Å²) in [7, 11) is 0.326. The molecule has 1 N–H and O–H groups in total. The van der Waals surface area contributed by atoms with Crippen molar-refractivity contribution in [2.24, 2.45) is 5.92 Å². The molecule has 3 aliphatic rings. The fraction of sp³-hybridized carbons (Fsp3) is 0.465. The smallest absolute Gasteiger partial charge is 0.305 e. The number of aliphatic hydroxyl groups excluding tert-OH is 1. The number of aliphatic hydroxyl groups is 1. The Morgan fingerprint density at radius 1 is 1.00 bits per heavy atom. The number of hydrogen-bond acceptors (Lipinski definition) is 10. The number of carbonyl (C=O) groups is 5. The summed E-state index contributed by atoms with van der Waals surface area (Å²) in [5, 5.41) is 11.1. The maximum absolute atomic E-state index is 15.3. The molecular formula is C43H53N3O10Si. The normalized spacial score (nSPS) is 22.6. The van der Waals surface area contributed by atoms with Crippen molar-refractivity contribution < 1.29 is 48.0 Å². The number of methoxy groups -OCH3 is 2. The fourth-order valence-electron chi connectivity index (χ4n) is 9.02. The van der Waals surface area contributed by atoms with Crippen molar-refractivity contribution in [3.05, 3.63) is 83.9 Å². The van der Waals surface area contributed by atoms with Gasteiger partial charge in [-0.15, -0.1) is 0 Å². The second kappa shape index (κ2) is 17.2. The number of β-lactam (4-membered cyclic amide) rings is 1. The number of unbranched alkanes of at least 4 members (excludes halogenated alkanes) is 1. The van der Waals surface area contributed by atoms with E-state index >= 15 is 4.79 Å². The second-order valence-corrected chi connectivity index (χ2v) is 20.3. The van der Waals surface area contributed by atoms with Crippen LogP contribution >= 0.6 is 0 Å². The average Bonchev–Trinajstić information content (AvgIpc) is 3.61. The summed E-state index contributed by atoms with van der Waals surface area (Å²) in [5.74, 6) is -1.29. The van der Waals surface area contributed by atoms with Crippen LogP contribution in [-0.2, 0) is 50.3 Å². The van der Waals surface area contributed by atoms with Gasteiger partial charge in [-0.3, -0.25) is 28.9 Å². The first-order valence-electron chi connectivity index (χ1n) is 19.5. The van der Waals surface area contributed by atoms with Crippen molar-refractivity contribution in [3.63, 3.8) is 0 Å². The molecule has 304 valence electrons. The molecule has 3 aromatic rings. The van der Waals surface area contributed by atoms with E-state index in [1.54, 1.807) is 35.1 Å². The Balaban J connectivity index is 1.44. The zero-order valence-corrected chi connectivity index (χ0v) is 34.6. The average molecular weight is 800 g/mol. The van der Waals surface area contributed by atoms with Gasteiger partial charge in [0.15, 0.2) is 11.8 Å². The molecule has 3 amide bonds. The molecule has 5 atom stereocenters. The van der Waals surface area contributed by atoms with E-state index in [2.05, 4.69) is 25.2 Å². The van der Waals surface area contributed by atoms with Gasteiger partial charge in [0.1, 0.15) is 5.75 Å². The second-order valence-electron chi connectivity index (χ2n) is 15.6. The highest BCUT2D eigenvalue weighted by molar-refractivity contribution is 6.91. The standard InChI is InChI=1S/C43H53N3O10Si/c1-28-41(57(5,6)33-18-16-32(53-3)17-19-33)36(25-37(49)44(22-23-47)27-30-12-8-7-9-13-30)56-43(28)34-24-31(46-38(50)26-39(46)55-29(2)48)15-20-35(34)45(42(43)52)21-11-10-14-40(51)54-4/h7-9,12-13,15-20,24,28,36,39,41,47H,10-11,14,21-23,25-27H2,1-6H3/t28-,36+,39?,41-,43+/m1/s1. The molecule has 3 heterocycles. The summed E-state index contributed by atoms with van der Waals surface area (Å²) in [6, 6.07) is 22.9. The van der Waals surface area contributed by atoms with Crippen LogP contribution in [-0.4, -0.2) is 94.0 Å². The van der Waals surface area contributed by atoms with E-state index in [1.165, 1.54) is 18.9 Å². The Labute approximate surface area is 334 Å². The van der Waals surface area contributed by atoms with Gasteiger partial charge in [0.2, 0.25) is 11.8 Å². The fourth-order valence-corrected chi connectivity index (χ4v) is 13.0. The molecule has 13 nitrogen and oxygen atoms in total. The summed E-state index contributed by atoms with van der Waals surface area (Å²) < 4.78 is 23.0. The van der Waals surface area contributed by atoms with Gasteiger partial charge in [-0.1, -0.05) is 67.7 Å². The molecule has 2 fully saturated rings. The minimum absolute atomic E-state index is 0.0310. The van der Waals surface area contributed by atoms with Crippen LogP contribution in [0.4, 0.5) is 11.4 Å². The maximum Gasteiger partial charge on any atom is 0.305 e. The van der Waals surface area contributed by atoms with E-state index in [0.717, 1.165) is 10.8 Å². The molecule has 3 aromatic carbocycles. The Bertz CT molecular complexity index is 1970. The highest BCUT2D eigenvalue weighted by Crippen LogP contribution is 2.60. The molecule has 1 unspecified atom stereocenters. The molecular weight excluding hydrogens is 747 g/mol. The van der Waals surface area contributed by atoms with Crippen molar-refractivity contribution in [3.8, 4) is 5.75 Å². The molecule has 3 aliphatic heterocycles. The van der Waals surface area contributed by atoms with Crippen LogP contribution in [0.1, 0.15) is 57.1 Å². The van der Waals surface area contributed by atoms with Crippen molar-refractivity contribution in [2.45, 2.75) is 89.1 Å². The van der Waals surface area contributed by atoms with E-state index in [-0.39, 0.29) is 61.6 Å². The van der Waals surface area contributed by atoms with E-state index in [1.807, 2.05) is 49.4 Å². The summed E-state index contributed by atoms with van der Waals surface area (Å²) in [6.45, 7) is 8.29. The molecule has 0 bridgehead atoms. The lowest BCUT2D eigenvalue weighted by Gasteiger charge is -2.39. The number of hydrogen-bond donors (Lipinski definition) is 1. The third kappa shape index (κ3) is 8.07. The van der Waals surface area contributed by atoms with E-state index in [0.29, 0.717) is 48.6 Å². The first kappa shape index (κ1) is 41.6. The summed E-state index contributed by atoms with van der Waals surface area (Å²) in [5.41, 5.74) is 0.776. The number of carbonyl (C=O) groups excluding carboxylic acids is 5. The maximum atomic E-state index is 15.3. The third-order valence-electron chi connectivity index (χ3n) is 11.9. The van der Waals surface area contributed by atoms with Gasteiger partial charge in [-0.05, 0) is 54.3 Å². The van der Waals surface area contributed by atoms with Crippen LogP contribution in [0.3, 0.4) is 0 Å². The van der Waals surface area contributed by atoms with Gasteiger partial charge < -0.3 is 33.9 Å². The highest BCUT2D eigenvalue weighted by Gasteiger charge is 2.66. The molecule has 57 heavy (non-hydrogen) atoms. The van der Waals surface area contributed by atoms with Crippen molar-refractivity contribution in [2.75, 3.05) is 43.7 Å². The number of amides is 3. The van der Waals surface area contributed by atoms with E-state index < -0.39 is 37.9 Å². The highest BCUT2D eigenvalue weighted by atomic mass is 28.3. The molecule has 14 heteroatoms. The Hall–Kier alpha value is -5.05. The van der Waals surface area contributed by atoms with Gasteiger partial charge in [0.05, 0.1) is 53.5 Å². The van der Waals surface area contributed by atoms with Gasteiger partial charge in [0, 0.05) is 50.1 Å². The number of anilines is 2. The largest absolute Gasteiger partial charge is 0.497 e. The molecule has 1 spiro atoms. The number of esters is 2. The Kier molecular flexibility index (Phi) is 12.6. The molecule has 6 rings (SSSR count). The lowest BCUT2D eigenvalue weighted by atomic mass is 9.82. The third-order valence-corrected chi connectivity index (χ3v) is 16.2. The van der Waals surface area contributed by atoms with Crippen molar-refractivity contribution in [1.82, 2.24) is 4.90 Å². The topological polar surface area (TPSA) is 152 Å². The lowest BCUT2D eigenvalue weighted by molar-refractivity contribution is -0.154. The lowest BCUT2D eigenvalue weighted by Crippen LogP contribution is -2.55. The molecule has 0 radical (unpaired) electrons. The SMILES string of the molecule is COC(=O)CCCCN1C(=O)[C@@]2(O[C@@H](CC(=O)N(CCO)Cc3ccccc3)[C@H]([Si](C)(C)c3ccc(OC)cc3)[C@H]2C)c2cc(N3C(=O)CC3OC(C)=O)ccc21. The zero-order valence-electron chi connectivity index (χ0n) is 33.6.